The van der Waals surface area contributed by atoms with Gasteiger partial charge in [-0.2, -0.15) is 0 Å². The Balaban J connectivity index is 2.39. The van der Waals surface area contributed by atoms with Crippen molar-refractivity contribution in [2.75, 3.05) is 6.54 Å². The van der Waals surface area contributed by atoms with E-state index in [-0.39, 0.29) is 17.3 Å². The van der Waals surface area contributed by atoms with E-state index in [1.54, 1.807) is 11.8 Å². The molecule has 0 aliphatic rings. The first kappa shape index (κ1) is 16.1. The summed E-state index contributed by atoms with van der Waals surface area (Å²) in [5, 5.41) is 12.3. The summed E-state index contributed by atoms with van der Waals surface area (Å²) >= 11 is 1.59. The third-order valence-corrected chi connectivity index (χ3v) is 4.31. The third-order valence-electron chi connectivity index (χ3n) is 2.93. The van der Waals surface area contributed by atoms with Crippen molar-refractivity contribution in [2.24, 2.45) is 0 Å². The first-order valence-electron chi connectivity index (χ1n) is 6.84. The van der Waals surface area contributed by atoms with Gasteiger partial charge in [-0.3, -0.25) is 4.79 Å². The topological polar surface area (TPSA) is 49.3 Å². The Kier molecular flexibility index (Phi) is 7.60. The van der Waals surface area contributed by atoms with Gasteiger partial charge in [0.1, 0.15) is 0 Å². The third kappa shape index (κ3) is 6.12. The Bertz CT molecular complexity index is 370. The van der Waals surface area contributed by atoms with Crippen LogP contribution in [-0.4, -0.2) is 28.9 Å². The lowest BCUT2D eigenvalue weighted by Crippen LogP contribution is -2.34. The number of carbonyl (C=O) groups is 1. The van der Waals surface area contributed by atoms with Crippen molar-refractivity contribution in [3.63, 3.8) is 0 Å². The maximum Gasteiger partial charge on any atom is 0.233 e. The molecule has 0 radical (unpaired) electrons. The van der Waals surface area contributed by atoms with Gasteiger partial charge in [-0.1, -0.05) is 32.0 Å². The van der Waals surface area contributed by atoms with Crippen LogP contribution in [0.5, 0.6) is 0 Å². The molecule has 0 spiro atoms. The average molecular weight is 281 g/mol. The normalized spacial score (nSPS) is 13.8. The number of benzene rings is 1. The van der Waals surface area contributed by atoms with E-state index in [0.29, 0.717) is 13.0 Å². The second-order valence-corrected chi connectivity index (χ2v) is 5.75. The molecule has 4 heteroatoms. The lowest BCUT2D eigenvalue weighted by atomic mass is 10.2. The zero-order valence-electron chi connectivity index (χ0n) is 11.6. The van der Waals surface area contributed by atoms with Crippen molar-refractivity contribution in [1.29, 1.82) is 0 Å². The summed E-state index contributed by atoms with van der Waals surface area (Å²) in [5.41, 5.74) is 0. The summed E-state index contributed by atoms with van der Waals surface area (Å²) in [6.07, 6.45) is 1.82. The van der Waals surface area contributed by atoms with Crippen LogP contribution >= 0.6 is 11.8 Å². The molecule has 1 rings (SSSR count). The van der Waals surface area contributed by atoms with Gasteiger partial charge in [-0.25, -0.2) is 0 Å². The number of thioether (sulfide) groups is 1. The molecule has 0 aliphatic carbocycles. The van der Waals surface area contributed by atoms with E-state index >= 15 is 0 Å². The van der Waals surface area contributed by atoms with Gasteiger partial charge in [-0.15, -0.1) is 11.8 Å². The largest absolute Gasteiger partial charge is 0.393 e. The first-order chi connectivity index (χ1) is 9.17. The van der Waals surface area contributed by atoms with Crippen molar-refractivity contribution in [3.8, 4) is 0 Å². The van der Waals surface area contributed by atoms with Crippen LogP contribution in [-0.2, 0) is 4.79 Å². The van der Waals surface area contributed by atoms with E-state index < -0.39 is 0 Å². The molecule has 0 fully saturated rings. The molecule has 0 saturated heterocycles. The fourth-order valence-corrected chi connectivity index (χ4v) is 2.67. The molecule has 1 aromatic carbocycles. The number of nitrogens with one attached hydrogen (secondary N) is 1. The number of rotatable bonds is 8. The van der Waals surface area contributed by atoms with Crippen molar-refractivity contribution in [1.82, 2.24) is 5.32 Å². The number of carbonyl (C=O) groups excluding carboxylic acids is 1. The fourth-order valence-electron chi connectivity index (χ4n) is 1.67. The molecular formula is C15H23NO2S. The first-order valence-corrected chi connectivity index (χ1v) is 7.72. The molecule has 106 valence electrons. The molecule has 0 saturated carbocycles. The molecule has 2 N–H and O–H groups in total. The van der Waals surface area contributed by atoms with Gasteiger partial charge in [0.05, 0.1) is 11.4 Å². The van der Waals surface area contributed by atoms with E-state index in [9.17, 15) is 9.90 Å². The highest BCUT2D eigenvalue weighted by Crippen LogP contribution is 2.25. The van der Waals surface area contributed by atoms with Gasteiger partial charge >= 0.3 is 0 Å². The second kappa shape index (κ2) is 8.99. The van der Waals surface area contributed by atoms with Gasteiger partial charge in [-0.05, 0) is 31.4 Å². The van der Waals surface area contributed by atoms with Crippen LogP contribution in [0.1, 0.15) is 33.1 Å². The molecular weight excluding hydrogens is 258 g/mol. The molecule has 2 atom stereocenters. The minimum Gasteiger partial charge on any atom is -0.393 e. The molecule has 19 heavy (non-hydrogen) atoms. The highest BCUT2D eigenvalue weighted by atomic mass is 32.2. The maximum absolute atomic E-state index is 12.0. The molecule has 0 aromatic heterocycles. The number of aliphatic hydroxyl groups excluding tert-OH is 1. The summed E-state index contributed by atoms with van der Waals surface area (Å²) in [4.78, 5) is 13.1. The average Bonchev–Trinajstić information content (AvgIpc) is 2.45. The minimum absolute atomic E-state index is 0.0552. The van der Waals surface area contributed by atoms with Crippen LogP contribution in [0.15, 0.2) is 35.2 Å². The number of aliphatic hydroxyl groups is 1. The molecule has 3 nitrogen and oxygen atoms in total. The summed E-state index contributed by atoms with van der Waals surface area (Å²) in [6.45, 7) is 4.49. The zero-order chi connectivity index (χ0) is 14.1. The highest BCUT2D eigenvalue weighted by molar-refractivity contribution is 8.00. The smallest absolute Gasteiger partial charge is 0.233 e. The molecule has 0 aliphatic heterocycles. The Morgan fingerprint density at radius 1 is 1.26 bits per heavy atom. The Morgan fingerprint density at radius 2 is 1.95 bits per heavy atom. The van der Waals surface area contributed by atoms with E-state index in [1.807, 2.05) is 44.2 Å². The summed E-state index contributed by atoms with van der Waals surface area (Å²) in [6, 6.07) is 9.95. The van der Waals surface area contributed by atoms with Crippen LogP contribution in [0.4, 0.5) is 0 Å². The van der Waals surface area contributed by atoms with E-state index in [4.69, 9.17) is 0 Å². The standard InChI is InChI=1S/C15H23NO2S/c1-3-12(17)10-11-16-15(18)14(4-2)19-13-8-6-5-7-9-13/h5-9,12,14,17H,3-4,10-11H2,1-2H3,(H,16,18). The number of hydrogen-bond acceptors (Lipinski definition) is 3. The predicted molar refractivity (Wildman–Crippen MR) is 80.3 cm³/mol. The lowest BCUT2D eigenvalue weighted by molar-refractivity contribution is -0.120. The predicted octanol–water partition coefficient (Wildman–Crippen LogP) is 2.83. The summed E-state index contributed by atoms with van der Waals surface area (Å²) < 4.78 is 0. The molecule has 1 aromatic rings. The van der Waals surface area contributed by atoms with Crippen LogP contribution in [0.25, 0.3) is 0 Å². The second-order valence-electron chi connectivity index (χ2n) is 4.47. The van der Waals surface area contributed by atoms with Gasteiger partial charge < -0.3 is 10.4 Å². The van der Waals surface area contributed by atoms with Gasteiger partial charge in [0.2, 0.25) is 5.91 Å². The maximum atomic E-state index is 12.0. The van der Waals surface area contributed by atoms with E-state index in [2.05, 4.69) is 5.32 Å². The fraction of sp³-hybridized carbons (Fsp3) is 0.533. The van der Waals surface area contributed by atoms with Crippen LogP contribution in [0.3, 0.4) is 0 Å². The number of hydrogen-bond donors (Lipinski definition) is 2. The monoisotopic (exact) mass is 281 g/mol. The Hall–Kier alpha value is -1.00. The van der Waals surface area contributed by atoms with Crippen LogP contribution < -0.4 is 5.32 Å². The molecule has 1 amide bonds. The summed E-state index contributed by atoms with van der Waals surface area (Å²) in [7, 11) is 0. The van der Waals surface area contributed by atoms with Crippen molar-refractivity contribution >= 4 is 17.7 Å². The van der Waals surface area contributed by atoms with Crippen molar-refractivity contribution in [3.05, 3.63) is 30.3 Å². The zero-order valence-corrected chi connectivity index (χ0v) is 12.5. The Morgan fingerprint density at radius 3 is 2.53 bits per heavy atom. The van der Waals surface area contributed by atoms with E-state index in [0.717, 1.165) is 17.7 Å². The molecule has 2 unspecified atom stereocenters. The van der Waals surface area contributed by atoms with Crippen LogP contribution in [0, 0.1) is 0 Å². The van der Waals surface area contributed by atoms with Gasteiger partial charge in [0, 0.05) is 11.4 Å². The van der Waals surface area contributed by atoms with E-state index in [1.165, 1.54) is 0 Å². The quantitative estimate of drug-likeness (QED) is 0.720. The Labute approximate surface area is 119 Å². The van der Waals surface area contributed by atoms with Gasteiger partial charge in [0.15, 0.2) is 0 Å². The molecule has 0 heterocycles. The highest BCUT2D eigenvalue weighted by Gasteiger charge is 2.17. The van der Waals surface area contributed by atoms with Crippen molar-refractivity contribution < 1.29 is 9.90 Å². The molecule has 0 bridgehead atoms. The SMILES string of the molecule is CCC(O)CCNC(=O)C(CC)Sc1ccccc1. The van der Waals surface area contributed by atoms with Gasteiger partial charge in [0.25, 0.3) is 0 Å². The van der Waals surface area contributed by atoms with Crippen LogP contribution in [0.2, 0.25) is 0 Å². The van der Waals surface area contributed by atoms with Crippen molar-refractivity contribution in [2.45, 2.75) is 49.4 Å². The minimum atomic E-state index is -0.317. The number of amides is 1. The summed E-state index contributed by atoms with van der Waals surface area (Å²) in [5.74, 6) is 0.0552. The lowest BCUT2D eigenvalue weighted by Gasteiger charge is -2.15.